The minimum absolute atomic E-state index is 0. The lowest BCUT2D eigenvalue weighted by Crippen LogP contribution is -2.18. The zero-order valence-electron chi connectivity index (χ0n) is 9.69. The fraction of sp³-hybridized carbons (Fsp3) is 0.538. The SMILES string of the molecule is COc1ccc(C(N)C2CCCC2)cc1.Cl. The van der Waals surface area contributed by atoms with Gasteiger partial charge in [0.1, 0.15) is 5.75 Å². The summed E-state index contributed by atoms with van der Waals surface area (Å²) >= 11 is 0. The highest BCUT2D eigenvalue weighted by molar-refractivity contribution is 5.85. The normalized spacial score (nSPS) is 17.9. The zero-order chi connectivity index (χ0) is 10.7. The van der Waals surface area contributed by atoms with Crippen LogP contribution in [0, 0.1) is 5.92 Å². The van der Waals surface area contributed by atoms with Crippen LogP contribution in [0.5, 0.6) is 5.75 Å². The van der Waals surface area contributed by atoms with Crippen LogP contribution in [0.1, 0.15) is 37.3 Å². The average Bonchev–Trinajstić information content (AvgIpc) is 2.82. The Kier molecular flexibility index (Phi) is 5.10. The van der Waals surface area contributed by atoms with E-state index in [9.17, 15) is 0 Å². The standard InChI is InChI=1S/C13H19NO.ClH/c1-15-12-8-6-11(7-9-12)13(14)10-4-2-3-5-10;/h6-10,13H,2-5,14H2,1H3;1H. The summed E-state index contributed by atoms with van der Waals surface area (Å²) in [4.78, 5) is 0. The van der Waals surface area contributed by atoms with Gasteiger partial charge in [-0.15, -0.1) is 12.4 Å². The van der Waals surface area contributed by atoms with E-state index in [1.54, 1.807) is 7.11 Å². The molecule has 0 amide bonds. The van der Waals surface area contributed by atoms with Crippen LogP contribution >= 0.6 is 12.4 Å². The molecule has 2 nitrogen and oxygen atoms in total. The van der Waals surface area contributed by atoms with Crippen LogP contribution in [-0.2, 0) is 0 Å². The van der Waals surface area contributed by atoms with Crippen LogP contribution in [0.3, 0.4) is 0 Å². The van der Waals surface area contributed by atoms with Crippen molar-refractivity contribution in [3.63, 3.8) is 0 Å². The number of benzene rings is 1. The van der Waals surface area contributed by atoms with Gasteiger partial charge in [-0.3, -0.25) is 0 Å². The number of hydrogen-bond donors (Lipinski definition) is 1. The maximum Gasteiger partial charge on any atom is 0.118 e. The Balaban J connectivity index is 0.00000128. The summed E-state index contributed by atoms with van der Waals surface area (Å²) < 4.78 is 5.13. The minimum Gasteiger partial charge on any atom is -0.497 e. The summed E-state index contributed by atoms with van der Waals surface area (Å²) in [5.74, 6) is 1.58. The first-order valence-corrected chi connectivity index (χ1v) is 5.71. The monoisotopic (exact) mass is 241 g/mol. The summed E-state index contributed by atoms with van der Waals surface area (Å²) in [6.07, 6.45) is 5.25. The Bertz CT molecular complexity index is 306. The van der Waals surface area contributed by atoms with E-state index in [0.29, 0.717) is 5.92 Å². The minimum atomic E-state index is 0. The first kappa shape index (κ1) is 13.3. The highest BCUT2D eigenvalue weighted by Crippen LogP contribution is 2.34. The molecule has 16 heavy (non-hydrogen) atoms. The summed E-state index contributed by atoms with van der Waals surface area (Å²) in [7, 11) is 1.69. The predicted molar refractivity (Wildman–Crippen MR) is 69.1 cm³/mol. The van der Waals surface area contributed by atoms with Crippen LogP contribution in [-0.4, -0.2) is 7.11 Å². The van der Waals surface area contributed by atoms with E-state index in [1.165, 1.54) is 31.2 Å². The van der Waals surface area contributed by atoms with Gasteiger partial charge in [0.2, 0.25) is 0 Å². The van der Waals surface area contributed by atoms with Gasteiger partial charge in [0.15, 0.2) is 0 Å². The second kappa shape index (κ2) is 6.12. The molecule has 90 valence electrons. The van der Waals surface area contributed by atoms with E-state index < -0.39 is 0 Å². The van der Waals surface area contributed by atoms with E-state index in [2.05, 4.69) is 12.1 Å². The third-order valence-electron chi connectivity index (χ3n) is 3.41. The Hall–Kier alpha value is -0.730. The van der Waals surface area contributed by atoms with Crippen molar-refractivity contribution in [1.29, 1.82) is 0 Å². The summed E-state index contributed by atoms with van der Waals surface area (Å²) in [6.45, 7) is 0. The molecule has 0 spiro atoms. The molecule has 0 aliphatic heterocycles. The number of hydrogen-bond acceptors (Lipinski definition) is 2. The van der Waals surface area contributed by atoms with E-state index >= 15 is 0 Å². The number of ether oxygens (including phenoxy) is 1. The summed E-state index contributed by atoms with van der Waals surface area (Å²) in [5.41, 5.74) is 7.49. The van der Waals surface area contributed by atoms with Crippen LogP contribution < -0.4 is 10.5 Å². The molecule has 0 bridgehead atoms. The molecule has 0 heterocycles. The van der Waals surface area contributed by atoms with Crippen molar-refractivity contribution in [3.05, 3.63) is 29.8 Å². The van der Waals surface area contributed by atoms with Crippen LogP contribution in [0.4, 0.5) is 0 Å². The molecular weight excluding hydrogens is 222 g/mol. The van der Waals surface area contributed by atoms with Gasteiger partial charge in [-0.05, 0) is 36.5 Å². The summed E-state index contributed by atoms with van der Waals surface area (Å²) in [5, 5.41) is 0. The van der Waals surface area contributed by atoms with Crippen LogP contribution in [0.15, 0.2) is 24.3 Å². The van der Waals surface area contributed by atoms with Gasteiger partial charge in [0.25, 0.3) is 0 Å². The van der Waals surface area contributed by atoms with Crippen molar-refractivity contribution < 1.29 is 4.74 Å². The Morgan fingerprint density at radius 2 is 1.75 bits per heavy atom. The van der Waals surface area contributed by atoms with Crippen molar-refractivity contribution >= 4 is 12.4 Å². The lowest BCUT2D eigenvalue weighted by molar-refractivity contribution is 0.413. The number of nitrogens with two attached hydrogens (primary N) is 1. The van der Waals surface area contributed by atoms with Gasteiger partial charge in [-0.1, -0.05) is 25.0 Å². The molecule has 2 N–H and O–H groups in total. The van der Waals surface area contributed by atoms with E-state index in [1.807, 2.05) is 12.1 Å². The second-order valence-corrected chi connectivity index (χ2v) is 4.34. The highest BCUT2D eigenvalue weighted by atomic mass is 35.5. The largest absolute Gasteiger partial charge is 0.497 e. The Morgan fingerprint density at radius 1 is 1.19 bits per heavy atom. The van der Waals surface area contributed by atoms with Gasteiger partial charge < -0.3 is 10.5 Å². The highest BCUT2D eigenvalue weighted by Gasteiger charge is 2.22. The molecule has 1 aliphatic carbocycles. The van der Waals surface area contributed by atoms with Crippen molar-refractivity contribution in [2.24, 2.45) is 11.7 Å². The fourth-order valence-corrected chi connectivity index (χ4v) is 2.41. The molecule has 1 aromatic carbocycles. The smallest absolute Gasteiger partial charge is 0.118 e. The van der Waals surface area contributed by atoms with Crippen molar-refractivity contribution in [2.45, 2.75) is 31.7 Å². The van der Waals surface area contributed by atoms with Gasteiger partial charge in [-0.25, -0.2) is 0 Å². The third-order valence-corrected chi connectivity index (χ3v) is 3.41. The number of rotatable bonds is 3. The zero-order valence-corrected chi connectivity index (χ0v) is 10.5. The van der Waals surface area contributed by atoms with Gasteiger partial charge in [-0.2, -0.15) is 0 Å². The predicted octanol–water partition coefficient (Wildman–Crippen LogP) is 3.31. The molecule has 1 atom stereocenters. The van der Waals surface area contributed by atoms with E-state index in [-0.39, 0.29) is 18.4 Å². The number of methoxy groups -OCH3 is 1. The van der Waals surface area contributed by atoms with Crippen molar-refractivity contribution in [1.82, 2.24) is 0 Å². The quantitative estimate of drug-likeness (QED) is 0.881. The molecule has 0 saturated heterocycles. The van der Waals surface area contributed by atoms with Gasteiger partial charge in [0.05, 0.1) is 7.11 Å². The Morgan fingerprint density at radius 3 is 2.25 bits per heavy atom. The number of halogens is 1. The first-order valence-electron chi connectivity index (χ1n) is 5.71. The molecule has 2 rings (SSSR count). The molecule has 0 radical (unpaired) electrons. The topological polar surface area (TPSA) is 35.2 Å². The van der Waals surface area contributed by atoms with E-state index in [4.69, 9.17) is 10.5 Å². The molecular formula is C13H20ClNO. The molecule has 1 aromatic rings. The molecule has 1 unspecified atom stereocenters. The average molecular weight is 242 g/mol. The fourth-order valence-electron chi connectivity index (χ4n) is 2.41. The molecule has 1 fully saturated rings. The van der Waals surface area contributed by atoms with Crippen molar-refractivity contribution in [2.75, 3.05) is 7.11 Å². The molecule has 1 aliphatic rings. The molecule has 0 aromatic heterocycles. The third kappa shape index (κ3) is 2.89. The lowest BCUT2D eigenvalue weighted by atomic mass is 9.92. The Labute approximate surface area is 104 Å². The van der Waals surface area contributed by atoms with Gasteiger partial charge >= 0.3 is 0 Å². The molecule has 1 saturated carbocycles. The molecule has 3 heteroatoms. The lowest BCUT2D eigenvalue weighted by Gasteiger charge is -2.19. The maximum absolute atomic E-state index is 6.25. The second-order valence-electron chi connectivity index (χ2n) is 4.34. The maximum atomic E-state index is 6.25. The van der Waals surface area contributed by atoms with Crippen molar-refractivity contribution in [3.8, 4) is 5.75 Å². The summed E-state index contributed by atoms with van der Waals surface area (Å²) in [6, 6.07) is 8.36. The van der Waals surface area contributed by atoms with Crippen LogP contribution in [0.2, 0.25) is 0 Å². The first-order chi connectivity index (χ1) is 7.31. The van der Waals surface area contributed by atoms with Gasteiger partial charge in [0, 0.05) is 6.04 Å². The van der Waals surface area contributed by atoms with E-state index in [0.717, 1.165) is 5.75 Å². The van der Waals surface area contributed by atoms with Crippen LogP contribution in [0.25, 0.3) is 0 Å².